The zero-order valence-electron chi connectivity index (χ0n) is 19.0. The third-order valence-electron chi connectivity index (χ3n) is 6.39. The summed E-state index contributed by atoms with van der Waals surface area (Å²) in [7, 11) is 5.05. The Balaban J connectivity index is 0.000000231. The second-order valence-corrected chi connectivity index (χ2v) is 13.5. The summed E-state index contributed by atoms with van der Waals surface area (Å²) in [5, 5.41) is 8.86. The molecule has 3 saturated heterocycles. The molecule has 2 atom stereocenters. The minimum absolute atomic E-state index is 0.0509. The van der Waals surface area contributed by atoms with E-state index in [2.05, 4.69) is 49.6 Å². The van der Waals surface area contributed by atoms with E-state index in [-0.39, 0.29) is 6.10 Å². The predicted molar refractivity (Wildman–Crippen MR) is 119 cm³/mol. The van der Waals surface area contributed by atoms with E-state index >= 15 is 0 Å². The van der Waals surface area contributed by atoms with Crippen molar-refractivity contribution in [2.45, 2.75) is 76.8 Å². The van der Waals surface area contributed by atoms with Gasteiger partial charge in [-0.1, -0.05) is 20.8 Å². The summed E-state index contributed by atoms with van der Waals surface area (Å²) in [6.07, 6.45) is 5.51. The van der Waals surface area contributed by atoms with Gasteiger partial charge < -0.3 is 24.2 Å². The van der Waals surface area contributed by atoms with Crippen molar-refractivity contribution < 1.29 is 9.53 Å². The lowest BCUT2D eigenvalue weighted by molar-refractivity contribution is 0.182. The molecule has 0 radical (unpaired) electrons. The van der Waals surface area contributed by atoms with Crippen LogP contribution in [0.1, 0.15) is 46.5 Å². The molecule has 3 rings (SSSR count). The van der Waals surface area contributed by atoms with E-state index in [0.717, 1.165) is 26.1 Å². The normalized spacial score (nSPS) is 27.2. The second kappa shape index (κ2) is 13.3. The number of hydrogen-bond acceptors (Lipinski definition) is 5. The molecule has 3 aliphatic heterocycles. The van der Waals surface area contributed by atoms with Crippen molar-refractivity contribution in [2.24, 2.45) is 0 Å². The highest BCUT2D eigenvalue weighted by molar-refractivity contribution is 6.73. The molecule has 6 heteroatoms. The van der Waals surface area contributed by atoms with Crippen molar-refractivity contribution in [3.63, 3.8) is 0 Å². The number of aliphatic hydroxyl groups excluding tert-OH is 1. The Morgan fingerprint density at radius 2 is 1.30 bits per heavy atom. The van der Waals surface area contributed by atoms with Crippen molar-refractivity contribution in [1.82, 2.24) is 14.7 Å². The molecule has 1 N–H and O–H groups in total. The third-order valence-corrected chi connectivity index (χ3v) is 11.1. The Kier molecular flexibility index (Phi) is 12.3. The van der Waals surface area contributed by atoms with E-state index in [9.17, 15) is 0 Å². The lowest BCUT2D eigenvalue weighted by Crippen LogP contribution is -2.40. The first kappa shape index (κ1) is 25.1. The first-order valence-electron chi connectivity index (χ1n) is 11.3. The Morgan fingerprint density at radius 1 is 0.778 bits per heavy atom. The molecule has 3 fully saturated rings. The van der Waals surface area contributed by atoms with Gasteiger partial charge in [0, 0.05) is 26.2 Å². The number of nitrogens with zero attached hydrogens (tertiary/aromatic N) is 3. The number of likely N-dealkylation sites (N-methyl/N-ethyl adjacent to an activating group) is 2. The highest BCUT2D eigenvalue weighted by atomic mass is 28.4. The number of likely N-dealkylation sites (tertiary alicyclic amines) is 3. The molecule has 0 bridgehead atoms. The number of aliphatic hydroxyl groups is 1. The number of rotatable bonds is 5. The number of hydrogen-bond donors (Lipinski definition) is 1. The highest BCUT2D eigenvalue weighted by Crippen LogP contribution is 2.26. The van der Waals surface area contributed by atoms with Crippen LogP contribution in [0, 0.1) is 0 Å². The standard InChI is InChI=1S/C11H25NOSi.C5H11NO.C5H11N/c1-5-14(6-2,7-3)13-11-8-9-12(4)10-11;1-6-3-2-5(7)4-6;1-6-4-2-3-5-6/h11H,5-10H2,1-4H3;5,7H,2-4H2,1H3;2-5H2,1H3/t11-;5-;/m11./s1. The van der Waals surface area contributed by atoms with Crippen LogP contribution in [0.4, 0.5) is 0 Å². The van der Waals surface area contributed by atoms with E-state index in [1.165, 1.54) is 57.0 Å². The van der Waals surface area contributed by atoms with Crippen LogP contribution in [0.15, 0.2) is 0 Å². The van der Waals surface area contributed by atoms with Crippen LogP contribution < -0.4 is 0 Å². The van der Waals surface area contributed by atoms with Gasteiger partial charge in [0.05, 0.1) is 12.2 Å². The minimum Gasteiger partial charge on any atom is -0.413 e. The topological polar surface area (TPSA) is 39.2 Å². The lowest BCUT2D eigenvalue weighted by atomic mass is 10.3. The van der Waals surface area contributed by atoms with Gasteiger partial charge in [0.1, 0.15) is 0 Å². The fraction of sp³-hybridized carbons (Fsp3) is 1.00. The Bertz CT molecular complexity index is 360. The van der Waals surface area contributed by atoms with E-state index in [1.807, 2.05) is 7.05 Å². The average molecular weight is 402 g/mol. The summed E-state index contributed by atoms with van der Waals surface area (Å²) < 4.78 is 6.41. The smallest absolute Gasteiger partial charge is 0.192 e. The molecule has 0 unspecified atom stereocenters. The molecule has 3 heterocycles. The van der Waals surface area contributed by atoms with Gasteiger partial charge in [-0.05, 0) is 78.0 Å². The van der Waals surface area contributed by atoms with E-state index in [0.29, 0.717) is 6.10 Å². The molecular formula is C21H47N3O2Si. The van der Waals surface area contributed by atoms with E-state index in [4.69, 9.17) is 9.53 Å². The van der Waals surface area contributed by atoms with Crippen molar-refractivity contribution >= 4 is 8.32 Å². The van der Waals surface area contributed by atoms with Crippen LogP contribution in [0.2, 0.25) is 18.1 Å². The van der Waals surface area contributed by atoms with Gasteiger partial charge in [-0.15, -0.1) is 0 Å². The molecule has 0 saturated carbocycles. The van der Waals surface area contributed by atoms with Gasteiger partial charge in [0.2, 0.25) is 0 Å². The summed E-state index contributed by atoms with van der Waals surface area (Å²) in [4.78, 5) is 6.87. The fourth-order valence-corrected chi connectivity index (χ4v) is 7.03. The van der Waals surface area contributed by atoms with Crippen LogP contribution in [0.5, 0.6) is 0 Å². The van der Waals surface area contributed by atoms with Gasteiger partial charge in [-0.25, -0.2) is 0 Å². The molecule has 0 amide bonds. The second-order valence-electron chi connectivity index (χ2n) is 8.75. The van der Waals surface area contributed by atoms with Crippen LogP contribution in [-0.4, -0.2) is 101 Å². The Labute approximate surface area is 170 Å². The van der Waals surface area contributed by atoms with Gasteiger partial charge in [-0.3, -0.25) is 0 Å². The van der Waals surface area contributed by atoms with Crippen molar-refractivity contribution in [2.75, 3.05) is 60.4 Å². The maximum atomic E-state index is 8.86. The maximum absolute atomic E-state index is 8.86. The summed E-state index contributed by atoms with van der Waals surface area (Å²) in [5.74, 6) is 0. The predicted octanol–water partition coefficient (Wildman–Crippen LogP) is 3.11. The Hall–Kier alpha value is 0.0169. The van der Waals surface area contributed by atoms with Gasteiger partial charge in [0.15, 0.2) is 8.32 Å². The van der Waals surface area contributed by atoms with Gasteiger partial charge in [0.25, 0.3) is 0 Å². The minimum atomic E-state index is -1.34. The maximum Gasteiger partial charge on any atom is 0.192 e. The monoisotopic (exact) mass is 401 g/mol. The number of β-amino-alcohol motifs (C(OH)–C–C–N with tert-alkyl or cyclic N) is 1. The summed E-state index contributed by atoms with van der Waals surface area (Å²) >= 11 is 0. The zero-order chi connectivity index (χ0) is 20.3. The van der Waals surface area contributed by atoms with Crippen molar-refractivity contribution in [3.05, 3.63) is 0 Å². The molecule has 0 aromatic heterocycles. The van der Waals surface area contributed by atoms with E-state index in [1.54, 1.807) is 0 Å². The average Bonchev–Trinajstić information content (AvgIpc) is 3.38. The van der Waals surface area contributed by atoms with Crippen LogP contribution >= 0.6 is 0 Å². The van der Waals surface area contributed by atoms with Crippen molar-refractivity contribution in [3.8, 4) is 0 Å². The van der Waals surface area contributed by atoms with Crippen molar-refractivity contribution in [1.29, 1.82) is 0 Å². The largest absolute Gasteiger partial charge is 0.413 e. The Morgan fingerprint density at radius 3 is 1.56 bits per heavy atom. The molecule has 3 aliphatic rings. The quantitative estimate of drug-likeness (QED) is 0.717. The molecule has 0 aromatic rings. The first-order chi connectivity index (χ1) is 12.8. The van der Waals surface area contributed by atoms with E-state index < -0.39 is 8.32 Å². The van der Waals surface area contributed by atoms with Gasteiger partial charge >= 0.3 is 0 Å². The van der Waals surface area contributed by atoms with Crippen LogP contribution in [0.3, 0.4) is 0 Å². The molecule has 0 spiro atoms. The molecule has 0 aliphatic carbocycles. The summed E-state index contributed by atoms with van der Waals surface area (Å²) in [5.41, 5.74) is 0. The lowest BCUT2D eigenvalue weighted by Gasteiger charge is -2.31. The summed E-state index contributed by atoms with van der Waals surface area (Å²) in [6, 6.07) is 3.83. The SMILES string of the molecule is CC[Si](CC)(CC)O[C@@H]1CCN(C)C1.CN1CCCC1.CN1CC[C@@H](O)C1. The zero-order valence-corrected chi connectivity index (χ0v) is 20.0. The van der Waals surface area contributed by atoms with Gasteiger partial charge in [-0.2, -0.15) is 0 Å². The molecule has 0 aromatic carbocycles. The van der Waals surface area contributed by atoms with Crippen LogP contribution in [-0.2, 0) is 4.43 Å². The third kappa shape index (κ3) is 9.86. The summed E-state index contributed by atoms with van der Waals surface area (Å²) in [6.45, 7) is 13.8. The fourth-order valence-electron chi connectivity index (χ4n) is 4.13. The first-order valence-corrected chi connectivity index (χ1v) is 13.8. The molecule has 27 heavy (non-hydrogen) atoms. The highest BCUT2D eigenvalue weighted by Gasteiger charge is 2.33. The molecular weight excluding hydrogens is 354 g/mol. The van der Waals surface area contributed by atoms with Crippen LogP contribution in [0.25, 0.3) is 0 Å². The molecule has 162 valence electrons. The molecule has 5 nitrogen and oxygen atoms in total.